The Hall–Kier alpha value is -0.860. The number of nitrogens with zero attached hydrogens (tertiary/aromatic N) is 1. The molecular weight excluding hydrogens is 190 g/mol. The standard InChI is InChI=1S/C12H19NO2/c1-9(2)11(15)13-8-4-7-12(13)6-3-5-10(12)14/h9H,3-8H2,1-2H3. The first-order valence-electron chi connectivity index (χ1n) is 5.93. The highest BCUT2D eigenvalue weighted by Gasteiger charge is 2.51. The van der Waals surface area contributed by atoms with Crippen LogP contribution >= 0.6 is 0 Å². The first kappa shape index (κ1) is 10.7. The molecule has 1 amide bonds. The Kier molecular flexibility index (Phi) is 2.57. The zero-order valence-electron chi connectivity index (χ0n) is 9.58. The summed E-state index contributed by atoms with van der Waals surface area (Å²) in [4.78, 5) is 25.8. The van der Waals surface area contributed by atoms with Gasteiger partial charge in [0.15, 0.2) is 5.78 Å². The smallest absolute Gasteiger partial charge is 0.225 e. The molecule has 1 spiro atoms. The van der Waals surface area contributed by atoms with E-state index in [1.54, 1.807) is 0 Å². The average Bonchev–Trinajstić information content (AvgIpc) is 2.75. The SMILES string of the molecule is CC(C)C(=O)N1CCCC12CCCC2=O. The van der Waals surface area contributed by atoms with E-state index < -0.39 is 0 Å². The highest BCUT2D eigenvalue weighted by molar-refractivity contribution is 5.95. The molecule has 15 heavy (non-hydrogen) atoms. The van der Waals surface area contributed by atoms with Crippen molar-refractivity contribution < 1.29 is 9.59 Å². The fourth-order valence-electron chi connectivity index (χ4n) is 2.97. The Morgan fingerprint density at radius 2 is 2.00 bits per heavy atom. The van der Waals surface area contributed by atoms with Gasteiger partial charge >= 0.3 is 0 Å². The first-order chi connectivity index (χ1) is 7.08. The van der Waals surface area contributed by atoms with Crippen LogP contribution in [0.1, 0.15) is 46.0 Å². The number of ketones is 1. The molecule has 84 valence electrons. The number of rotatable bonds is 1. The molecule has 0 N–H and O–H groups in total. The second-order valence-corrected chi connectivity index (χ2v) is 5.06. The van der Waals surface area contributed by atoms with Crippen LogP contribution in [0.3, 0.4) is 0 Å². The summed E-state index contributed by atoms with van der Waals surface area (Å²) in [7, 11) is 0. The molecule has 0 radical (unpaired) electrons. The lowest BCUT2D eigenvalue weighted by Gasteiger charge is -2.34. The maximum atomic E-state index is 12.0. The topological polar surface area (TPSA) is 37.4 Å². The Labute approximate surface area is 90.8 Å². The zero-order chi connectivity index (χ0) is 11.1. The van der Waals surface area contributed by atoms with Crippen molar-refractivity contribution in [2.45, 2.75) is 51.5 Å². The Balaban J connectivity index is 2.25. The summed E-state index contributed by atoms with van der Waals surface area (Å²) in [6.45, 7) is 4.60. The third kappa shape index (κ3) is 1.48. The highest BCUT2D eigenvalue weighted by Crippen LogP contribution is 2.41. The number of hydrogen-bond donors (Lipinski definition) is 0. The van der Waals surface area contributed by atoms with Gasteiger partial charge in [0.05, 0.1) is 0 Å². The van der Waals surface area contributed by atoms with Gasteiger partial charge < -0.3 is 4.90 Å². The van der Waals surface area contributed by atoms with Gasteiger partial charge in [0.1, 0.15) is 5.54 Å². The number of likely N-dealkylation sites (tertiary alicyclic amines) is 1. The second kappa shape index (κ2) is 3.62. The minimum Gasteiger partial charge on any atom is -0.330 e. The zero-order valence-corrected chi connectivity index (χ0v) is 9.58. The quantitative estimate of drug-likeness (QED) is 0.660. The fraction of sp³-hybridized carbons (Fsp3) is 0.833. The number of carbonyl (C=O) groups excluding carboxylic acids is 2. The van der Waals surface area contributed by atoms with E-state index in [2.05, 4.69) is 0 Å². The van der Waals surface area contributed by atoms with E-state index in [9.17, 15) is 9.59 Å². The number of carbonyl (C=O) groups is 2. The van der Waals surface area contributed by atoms with Gasteiger partial charge in [-0.1, -0.05) is 13.8 Å². The summed E-state index contributed by atoms with van der Waals surface area (Å²) in [5.41, 5.74) is -0.388. The third-order valence-corrected chi connectivity index (χ3v) is 3.76. The van der Waals surface area contributed by atoms with Crippen LogP contribution in [0.5, 0.6) is 0 Å². The lowest BCUT2D eigenvalue weighted by Crippen LogP contribution is -2.51. The Morgan fingerprint density at radius 1 is 1.33 bits per heavy atom. The third-order valence-electron chi connectivity index (χ3n) is 3.76. The van der Waals surface area contributed by atoms with Gasteiger partial charge in [-0.25, -0.2) is 0 Å². The fourth-order valence-corrected chi connectivity index (χ4v) is 2.97. The van der Waals surface area contributed by atoms with E-state index in [-0.39, 0.29) is 17.4 Å². The van der Waals surface area contributed by atoms with Gasteiger partial charge in [-0.2, -0.15) is 0 Å². The normalized spacial score (nSPS) is 30.9. The van der Waals surface area contributed by atoms with Gasteiger partial charge in [-0.15, -0.1) is 0 Å². The van der Waals surface area contributed by atoms with Crippen molar-refractivity contribution in [1.29, 1.82) is 0 Å². The minimum absolute atomic E-state index is 0.00775. The van der Waals surface area contributed by atoms with E-state index in [0.29, 0.717) is 12.2 Å². The molecular formula is C12H19NO2. The molecule has 0 aromatic heterocycles. The van der Waals surface area contributed by atoms with Crippen molar-refractivity contribution >= 4 is 11.7 Å². The maximum Gasteiger partial charge on any atom is 0.225 e. The van der Waals surface area contributed by atoms with E-state index in [0.717, 1.165) is 32.2 Å². The van der Waals surface area contributed by atoms with Crippen LogP contribution in [-0.2, 0) is 9.59 Å². The van der Waals surface area contributed by atoms with Crippen LogP contribution in [0.2, 0.25) is 0 Å². The van der Waals surface area contributed by atoms with Crippen molar-refractivity contribution in [1.82, 2.24) is 4.90 Å². The summed E-state index contributed by atoms with van der Waals surface area (Å²) in [5.74, 6) is 0.463. The summed E-state index contributed by atoms with van der Waals surface area (Å²) < 4.78 is 0. The maximum absolute atomic E-state index is 12.0. The van der Waals surface area contributed by atoms with Crippen LogP contribution in [0, 0.1) is 5.92 Å². The van der Waals surface area contributed by atoms with Crippen molar-refractivity contribution in [3.63, 3.8) is 0 Å². The molecule has 2 fully saturated rings. The van der Waals surface area contributed by atoms with Gasteiger partial charge in [0.25, 0.3) is 0 Å². The molecule has 1 unspecified atom stereocenters. The van der Waals surface area contributed by atoms with Gasteiger partial charge in [-0.3, -0.25) is 9.59 Å². The van der Waals surface area contributed by atoms with Crippen molar-refractivity contribution in [3.05, 3.63) is 0 Å². The molecule has 0 aromatic carbocycles. The number of amides is 1. The van der Waals surface area contributed by atoms with Crippen molar-refractivity contribution in [2.75, 3.05) is 6.54 Å². The Bertz CT molecular complexity index is 294. The van der Waals surface area contributed by atoms with Crippen LogP contribution in [-0.4, -0.2) is 28.7 Å². The molecule has 1 saturated carbocycles. The van der Waals surface area contributed by atoms with Crippen LogP contribution < -0.4 is 0 Å². The number of hydrogen-bond acceptors (Lipinski definition) is 2. The minimum atomic E-state index is -0.388. The lowest BCUT2D eigenvalue weighted by molar-refractivity contribution is -0.144. The predicted octanol–water partition coefficient (Wildman–Crippen LogP) is 1.76. The molecule has 1 aliphatic carbocycles. The number of Topliss-reactive ketones (excluding diaryl/α,β-unsaturated/α-hetero) is 1. The molecule has 0 aromatic rings. The van der Waals surface area contributed by atoms with Gasteiger partial charge in [0, 0.05) is 18.9 Å². The van der Waals surface area contributed by atoms with Gasteiger partial charge in [-0.05, 0) is 25.7 Å². The molecule has 1 saturated heterocycles. The summed E-state index contributed by atoms with van der Waals surface area (Å²) in [6, 6.07) is 0. The summed E-state index contributed by atoms with van der Waals surface area (Å²) in [6.07, 6.45) is 4.40. The van der Waals surface area contributed by atoms with Crippen molar-refractivity contribution in [3.8, 4) is 0 Å². The van der Waals surface area contributed by atoms with Crippen LogP contribution in [0.25, 0.3) is 0 Å². The first-order valence-corrected chi connectivity index (χ1v) is 5.93. The molecule has 1 aliphatic heterocycles. The average molecular weight is 209 g/mol. The summed E-state index contributed by atoms with van der Waals surface area (Å²) >= 11 is 0. The van der Waals surface area contributed by atoms with E-state index in [1.165, 1.54) is 0 Å². The predicted molar refractivity (Wildman–Crippen MR) is 57.4 cm³/mol. The Morgan fingerprint density at radius 3 is 2.53 bits per heavy atom. The van der Waals surface area contributed by atoms with Crippen LogP contribution in [0.4, 0.5) is 0 Å². The molecule has 3 heteroatoms. The van der Waals surface area contributed by atoms with Crippen molar-refractivity contribution in [2.24, 2.45) is 5.92 Å². The van der Waals surface area contributed by atoms with E-state index in [1.807, 2.05) is 18.7 Å². The summed E-state index contributed by atoms with van der Waals surface area (Å²) in [5, 5.41) is 0. The molecule has 3 nitrogen and oxygen atoms in total. The van der Waals surface area contributed by atoms with Crippen LogP contribution in [0.15, 0.2) is 0 Å². The van der Waals surface area contributed by atoms with E-state index >= 15 is 0 Å². The largest absolute Gasteiger partial charge is 0.330 e. The molecule has 2 rings (SSSR count). The van der Waals surface area contributed by atoms with Gasteiger partial charge in [0.2, 0.25) is 5.91 Å². The molecule has 2 aliphatic rings. The molecule has 1 atom stereocenters. The monoisotopic (exact) mass is 209 g/mol. The van der Waals surface area contributed by atoms with E-state index in [4.69, 9.17) is 0 Å². The molecule has 1 heterocycles. The second-order valence-electron chi connectivity index (χ2n) is 5.06. The molecule has 0 bridgehead atoms. The lowest BCUT2D eigenvalue weighted by atomic mass is 9.92. The highest BCUT2D eigenvalue weighted by atomic mass is 16.2.